The van der Waals surface area contributed by atoms with Gasteiger partial charge in [-0.1, -0.05) is 6.92 Å². The molecular formula is C8H17NO2S. The van der Waals surface area contributed by atoms with Crippen molar-refractivity contribution < 1.29 is 9.32 Å². The van der Waals surface area contributed by atoms with Gasteiger partial charge in [0.2, 0.25) is 0 Å². The van der Waals surface area contributed by atoms with Crippen molar-refractivity contribution in [2.24, 2.45) is 0 Å². The molecule has 0 aromatic carbocycles. The summed E-state index contributed by atoms with van der Waals surface area (Å²) in [5.41, 5.74) is -0.319. The van der Waals surface area contributed by atoms with Crippen LogP contribution < -0.4 is 0 Å². The lowest BCUT2D eigenvalue weighted by Gasteiger charge is -2.31. The van der Waals surface area contributed by atoms with E-state index < -0.39 is 11.0 Å². The van der Waals surface area contributed by atoms with E-state index in [0.29, 0.717) is 5.75 Å². The molecule has 2 unspecified atom stereocenters. The molecule has 1 saturated heterocycles. The first-order valence-corrected chi connectivity index (χ1v) is 5.62. The molecule has 0 spiro atoms. The van der Waals surface area contributed by atoms with E-state index in [-0.39, 0.29) is 11.6 Å². The summed E-state index contributed by atoms with van der Waals surface area (Å²) in [5.74, 6) is 0.635. The summed E-state index contributed by atoms with van der Waals surface area (Å²) in [6, 6.07) is 0. The molecule has 72 valence electrons. The number of rotatable bonds is 2. The molecule has 1 aliphatic rings. The summed E-state index contributed by atoms with van der Waals surface area (Å²) in [6.45, 7) is 6.53. The number of aliphatic hydroxyl groups excluding tert-OH is 1. The Morgan fingerprint density at radius 2 is 2.25 bits per heavy atom. The van der Waals surface area contributed by atoms with E-state index in [1.807, 2.05) is 25.1 Å². The lowest BCUT2D eigenvalue weighted by molar-refractivity contribution is 0.0921. The van der Waals surface area contributed by atoms with E-state index in [9.17, 15) is 9.32 Å². The molecule has 0 aromatic heterocycles. The van der Waals surface area contributed by atoms with Crippen LogP contribution in [0.5, 0.6) is 0 Å². The zero-order chi connectivity index (χ0) is 9.35. The average molecular weight is 191 g/mol. The Morgan fingerprint density at radius 3 is 2.58 bits per heavy atom. The van der Waals surface area contributed by atoms with Gasteiger partial charge in [-0.15, -0.1) is 0 Å². The van der Waals surface area contributed by atoms with Crippen LogP contribution in [0.3, 0.4) is 0 Å². The highest BCUT2D eigenvalue weighted by Gasteiger charge is 2.42. The van der Waals surface area contributed by atoms with Gasteiger partial charge in [0.05, 0.1) is 22.6 Å². The first-order valence-electron chi connectivity index (χ1n) is 4.34. The highest BCUT2D eigenvalue weighted by atomic mass is 32.2. The molecule has 0 amide bonds. The predicted octanol–water partition coefficient (Wildman–Crippen LogP) is 0.515. The highest BCUT2D eigenvalue weighted by molar-refractivity contribution is 7.82. The SMILES string of the molecule is CCS(=O)N1CCC(O)C1(C)C. The minimum absolute atomic E-state index is 0.319. The fourth-order valence-electron chi connectivity index (χ4n) is 1.57. The highest BCUT2D eigenvalue weighted by Crippen LogP contribution is 2.29. The van der Waals surface area contributed by atoms with Gasteiger partial charge in [0, 0.05) is 12.3 Å². The number of hydrogen-bond donors (Lipinski definition) is 1. The second kappa shape index (κ2) is 3.44. The van der Waals surface area contributed by atoms with Crippen LogP contribution in [0.1, 0.15) is 27.2 Å². The normalized spacial score (nSPS) is 32.2. The van der Waals surface area contributed by atoms with E-state index in [4.69, 9.17) is 0 Å². The molecule has 0 aliphatic carbocycles. The van der Waals surface area contributed by atoms with E-state index in [1.165, 1.54) is 0 Å². The van der Waals surface area contributed by atoms with Gasteiger partial charge in [0.1, 0.15) is 0 Å². The molecule has 3 nitrogen and oxygen atoms in total. The van der Waals surface area contributed by atoms with Gasteiger partial charge >= 0.3 is 0 Å². The summed E-state index contributed by atoms with van der Waals surface area (Å²) in [4.78, 5) is 0. The van der Waals surface area contributed by atoms with Crippen LogP contribution in [-0.2, 0) is 11.0 Å². The molecule has 12 heavy (non-hydrogen) atoms. The molecular weight excluding hydrogens is 174 g/mol. The minimum atomic E-state index is -0.919. The molecule has 0 radical (unpaired) electrons. The maximum atomic E-state index is 11.5. The van der Waals surface area contributed by atoms with Gasteiger partial charge in [-0.25, -0.2) is 8.51 Å². The summed E-state index contributed by atoms with van der Waals surface area (Å²) < 4.78 is 13.4. The van der Waals surface area contributed by atoms with Crippen LogP contribution in [0.2, 0.25) is 0 Å². The molecule has 0 bridgehead atoms. The monoisotopic (exact) mass is 191 g/mol. The van der Waals surface area contributed by atoms with Gasteiger partial charge in [-0.2, -0.15) is 0 Å². The summed E-state index contributed by atoms with van der Waals surface area (Å²) in [6.07, 6.45) is 0.395. The van der Waals surface area contributed by atoms with Crippen LogP contribution in [0.25, 0.3) is 0 Å². The van der Waals surface area contributed by atoms with Crippen molar-refractivity contribution in [3.05, 3.63) is 0 Å². The van der Waals surface area contributed by atoms with E-state index in [2.05, 4.69) is 0 Å². The Hall–Kier alpha value is 0.0700. The molecule has 4 heteroatoms. The fourth-order valence-corrected chi connectivity index (χ4v) is 2.83. The van der Waals surface area contributed by atoms with Gasteiger partial charge in [0.25, 0.3) is 0 Å². The Bertz CT molecular complexity index is 193. The molecule has 2 atom stereocenters. The van der Waals surface area contributed by atoms with Gasteiger partial charge in [-0.05, 0) is 20.3 Å². The lowest BCUT2D eigenvalue weighted by atomic mass is 10.0. The second-order valence-electron chi connectivity index (χ2n) is 3.67. The minimum Gasteiger partial charge on any atom is -0.391 e. The number of nitrogens with zero attached hydrogens (tertiary/aromatic N) is 1. The van der Waals surface area contributed by atoms with E-state index in [1.54, 1.807) is 0 Å². The van der Waals surface area contributed by atoms with E-state index in [0.717, 1.165) is 13.0 Å². The number of aliphatic hydroxyl groups is 1. The summed E-state index contributed by atoms with van der Waals surface area (Å²) >= 11 is 0. The Kier molecular flexibility index (Phi) is 2.91. The molecule has 1 aliphatic heterocycles. The molecule has 0 saturated carbocycles. The Labute approximate surface area is 76.4 Å². The van der Waals surface area contributed by atoms with Crippen molar-refractivity contribution in [3.63, 3.8) is 0 Å². The quantitative estimate of drug-likeness (QED) is 0.691. The summed E-state index contributed by atoms with van der Waals surface area (Å²) in [5, 5.41) is 9.60. The maximum Gasteiger partial charge on any atom is 0.0945 e. The molecule has 0 aromatic rings. The number of hydrogen-bond acceptors (Lipinski definition) is 2. The van der Waals surface area contributed by atoms with Gasteiger partial charge < -0.3 is 5.11 Å². The van der Waals surface area contributed by atoms with Crippen LogP contribution >= 0.6 is 0 Å². The van der Waals surface area contributed by atoms with E-state index >= 15 is 0 Å². The van der Waals surface area contributed by atoms with Crippen LogP contribution in [0.4, 0.5) is 0 Å². The third-order valence-electron chi connectivity index (χ3n) is 2.56. The zero-order valence-electron chi connectivity index (χ0n) is 7.91. The molecule has 1 heterocycles. The average Bonchev–Trinajstić information content (AvgIpc) is 2.27. The predicted molar refractivity (Wildman–Crippen MR) is 50.1 cm³/mol. The van der Waals surface area contributed by atoms with Crippen LogP contribution in [0.15, 0.2) is 0 Å². The first-order chi connectivity index (χ1) is 5.50. The van der Waals surface area contributed by atoms with Crippen molar-refractivity contribution in [3.8, 4) is 0 Å². The third-order valence-corrected chi connectivity index (χ3v) is 4.20. The summed E-state index contributed by atoms with van der Waals surface area (Å²) in [7, 11) is -0.919. The first kappa shape index (κ1) is 10.2. The zero-order valence-corrected chi connectivity index (χ0v) is 8.73. The molecule has 1 rings (SSSR count). The van der Waals surface area contributed by atoms with Crippen molar-refractivity contribution >= 4 is 11.0 Å². The maximum absolute atomic E-state index is 11.5. The second-order valence-corrected chi connectivity index (χ2v) is 5.33. The fraction of sp³-hybridized carbons (Fsp3) is 1.00. The van der Waals surface area contributed by atoms with Crippen molar-refractivity contribution in [2.45, 2.75) is 38.8 Å². The third kappa shape index (κ3) is 1.56. The molecule has 1 N–H and O–H groups in total. The Balaban J connectivity index is 2.74. The molecule has 1 fully saturated rings. The van der Waals surface area contributed by atoms with Crippen molar-refractivity contribution in [1.82, 2.24) is 4.31 Å². The van der Waals surface area contributed by atoms with Crippen molar-refractivity contribution in [2.75, 3.05) is 12.3 Å². The van der Waals surface area contributed by atoms with Crippen LogP contribution in [0, 0.1) is 0 Å². The van der Waals surface area contributed by atoms with Crippen molar-refractivity contribution in [1.29, 1.82) is 0 Å². The topological polar surface area (TPSA) is 40.5 Å². The lowest BCUT2D eigenvalue weighted by Crippen LogP contribution is -2.46. The van der Waals surface area contributed by atoms with Crippen LogP contribution in [-0.4, -0.2) is 37.6 Å². The largest absolute Gasteiger partial charge is 0.391 e. The van der Waals surface area contributed by atoms with Gasteiger partial charge in [-0.3, -0.25) is 0 Å². The smallest absolute Gasteiger partial charge is 0.0945 e. The van der Waals surface area contributed by atoms with Gasteiger partial charge in [0.15, 0.2) is 0 Å². The Morgan fingerprint density at radius 1 is 1.67 bits per heavy atom. The standard InChI is InChI=1S/C8H17NO2S/c1-4-12(11)9-6-5-7(10)8(9,2)3/h7,10H,4-6H2,1-3H3.